The quantitative estimate of drug-likeness (QED) is 0.293. The second kappa shape index (κ2) is 6.62. The predicted octanol–water partition coefficient (Wildman–Crippen LogP) is 5.03. The molecular weight excluding hydrogens is 398 g/mol. The van der Waals surface area contributed by atoms with Crippen LogP contribution in [0.5, 0.6) is 0 Å². The highest BCUT2D eigenvalue weighted by Crippen LogP contribution is 2.30. The lowest BCUT2D eigenvalue weighted by Gasteiger charge is -2.21. The van der Waals surface area contributed by atoms with Gasteiger partial charge in [-0.1, -0.05) is 30.3 Å². The van der Waals surface area contributed by atoms with Gasteiger partial charge in [0.1, 0.15) is 0 Å². The smallest absolute Gasteiger partial charge is 0.199 e. The third-order valence-electron chi connectivity index (χ3n) is 6.32. The van der Waals surface area contributed by atoms with Gasteiger partial charge < -0.3 is 9.30 Å². The molecule has 3 aromatic carbocycles. The number of aryl methyl sites for hydroxylation is 1. The molecule has 154 valence electrons. The molecule has 6 rings (SSSR count). The molecular formula is C27H19N3O2. The summed E-state index contributed by atoms with van der Waals surface area (Å²) in [6.07, 6.45) is 1.60. The summed E-state index contributed by atoms with van der Waals surface area (Å²) >= 11 is 0. The molecule has 0 saturated carbocycles. The van der Waals surface area contributed by atoms with E-state index in [0.717, 1.165) is 22.4 Å². The summed E-state index contributed by atoms with van der Waals surface area (Å²) in [4.78, 5) is 33.3. The first kappa shape index (κ1) is 18.5. The minimum atomic E-state index is -0.115. The van der Waals surface area contributed by atoms with Crippen molar-refractivity contribution in [3.8, 4) is 0 Å². The molecule has 0 aliphatic carbocycles. The van der Waals surface area contributed by atoms with Crippen molar-refractivity contribution >= 4 is 49.5 Å². The van der Waals surface area contributed by atoms with E-state index in [1.165, 1.54) is 0 Å². The molecule has 0 unspecified atom stereocenters. The highest BCUT2D eigenvalue weighted by molar-refractivity contribution is 6.08. The lowest BCUT2D eigenvalue weighted by molar-refractivity contribution is 1.20. The molecule has 3 aromatic heterocycles. The number of anilines is 2. The van der Waals surface area contributed by atoms with Crippen LogP contribution in [0.3, 0.4) is 0 Å². The van der Waals surface area contributed by atoms with E-state index in [1.54, 1.807) is 6.20 Å². The first-order valence-electron chi connectivity index (χ1n) is 10.5. The minimum absolute atomic E-state index is 0.0876. The number of fused-ring (bicyclic) bond motifs is 4. The molecule has 0 saturated heterocycles. The van der Waals surface area contributed by atoms with E-state index in [-0.39, 0.29) is 10.9 Å². The fourth-order valence-corrected chi connectivity index (χ4v) is 4.68. The van der Waals surface area contributed by atoms with Gasteiger partial charge >= 0.3 is 0 Å². The Morgan fingerprint density at radius 2 is 1.47 bits per heavy atom. The molecule has 0 aliphatic heterocycles. The molecule has 6 aromatic rings. The number of hydrogen-bond donors (Lipinski definition) is 0. The zero-order valence-corrected chi connectivity index (χ0v) is 17.7. The number of para-hydroxylation sites is 2. The molecule has 0 amide bonds. The first-order chi connectivity index (χ1) is 15.6. The SMILES string of the molecule is Cc1ncc2c(=O)c3cc(N(C)c4ccccc4)ccc3n3c4ccccc4c(=O)c1c23. The molecule has 3 heterocycles. The standard InChI is InChI=1S/C27H19N3O2/c1-16-24-25-21(15-28-16)26(31)20-14-18(29(2)17-8-4-3-5-9-17)12-13-23(20)30(25)22-11-7-6-10-19(22)27(24)32/h3-15H,1-2H3. The number of benzene rings is 3. The van der Waals surface area contributed by atoms with Crippen LogP contribution < -0.4 is 15.8 Å². The van der Waals surface area contributed by atoms with Crippen LogP contribution in [0.4, 0.5) is 11.4 Å². The third-order valence-corrected chi connectivity index (χ3v) is 6.32. The third kappa shape index (κ3) is 2.42. The van der Waals surface area contributed by atoms with E-state index in [1.807, 2.05) is 91.2 Å². The molecule has 0 atom stereocenters. The van der Waals surface area contributed by atoms with Crippen molar-refractivity contribution < 1.29 is 0 Å². The summed E-state index contributed by atoms with van der Waals surface area (Å²) in [5.74, 6) is 0. The van der Waals surface area contributed by atoms with Crippen molar-refractivity contribution in [2.45, 2.75) is 6.92 Å². The molecule has 0 bridgehead atoms. The van der Waals surface area contributed by atoms with Crippen LogP contribution in [0.25, 0.3) is 38.1 Å². The van der Waals surface area contributed by atoms with Crippen LogP contribution in [-0.2, 0) is 0 Å². The van der Waals surface area contributed by atoms with Crippen molar-refractivity contribution in [3.63, 3.8) is 0 Å². The maximum atomic E-state index is 13.6. The van der Waals surface area contributed by atoms with E-state index < -0.39 is 0 Å². The van der Waals surface area contributed by atoms with Crippen LogP contribution >= 0.6 is 0 Å². The van der Waals surface area contributed by atoms with Gasteiger partial charge in [0.2, 0.25) is 0 Å². The molecule has 0 spiro atoms. The average Bonchev–Trinajstić information content (AvgIpc) is 2.84. The fraction of sp³-hybridized carbons (Fsp3) is 0.0741. The molecule has 32 heavy (non-hydrogen) atoms. The molecule has 0 N–H and O–H groups in total. The summed E-state index contributed by atoms with van der Waals surface area (Å²) < 4.78 is 2.04. The zero-order chi connectivity index (χ0) is 22.0. The van der Waals surface area contributed by atoms with Gasteiger partial charge in [0.25, 0.3) is 0 Å². The number of rotatable bonds is 2. The maximum absolute atomic E-state index is 13.6. The van der Waals surface area contributed by atoms with Gasteiger partial charge in [0.15, 0.2) is 10.9 Å². The van der Waals surface area contributed by atoms with Crippen molar-refractivity contribution in [1.29, 1.82) is 0 Å². The van der Waals surface area contributed by atoms with E-state index >= 15 is 0 Å². The average molecular weight is 417 g/mol. The summed E-state index contributed by atoms with van der Waals surface area (Å²) in [5, 5.41) is 2.18. The molecule has 5 nitrogen and oxygen atoms in total. The van der Waals surface area contributed by atoms with Crippen molar-refractivity contribution in [2.24, 2.45) is 0 Å². The minimum Gasteiger partial charge on any atom is -0.345 e. The Labute approximate surface area is 183 Å². The zero-order valence-electron chi connectivity index (χ0n) is 17.7. The van der Waals surface area contributed by atoms with Gasteiger partial charge in [-0.15, -0.1) is 0 Å². The Morgan fingerprint density at radius 1 is 0.750 bits per heavy atom. The van der Waals surface area contributed by atoms with Crippen LogP contribution in [-0.4, -0.2) is 16.4 Å². The molecule has 0 fully saturated rings. The molecule has 0 aliphatic rings. The van der Waals surface area contributed by atoms with E-state index in [4.69, 9.17) is 0 Å². The highest BCUT2D eigenvalue weighted by atomic mass is 16.1. The van der Waals surface area contributed by atoms with E-state index in [2.05, 4.69) is 9.88 Å². The highest BCUT2D eigenvalue weighted by Gasteiger charge is 2.19. The fourth-order valence-electron chi connectivity index (χ4n) is 4.68. The van der Waals surface area contributed by atoms with Crippen LogP contribution in [0, 0.1) is 6.92 Å². The van der Waals surface area contributed by atoms with Crippen LogP contribution in [0.15, 0.2) is 88.6 Å². The Morgan fingerprint density at radius 3 is 2.28 bits per heavy atom. The number of aromatic nitrogens is 2. The van der Waals surface area contributed by atoms with Crippen LogP contribution in [0.2, 0.25) is 0 Å². The Bertz CT molecular complexity index is 1790. The predicted molar refractivity (Wildman–Crippen MR) is 131 cm³/mol. The number of hydrogen-bond acceptors (Lipinski definition) is 4. The van der Waals surface area contributed by atoms with Crippen LogP contribution in [0.1, 0.15) is 5.69 Å². The largest absolute Gasteiger partial charge is 0.345 e. The van der Waals surface area contributed by atoms with Gasteiger partial charge in [0.05, 0.1) is 33.0 Å². The Balaban J connectivity index is 1.81. The topological polar surface area (TPSA) is 54.7 Å². The summed E-state index contributed by atoms with van der Waals surface area (Å²) in [5.41, 5.74) is 4.57. The summed E-state index contributed by atoms with van der Waals surface area (Å²) in [7, 11) is 1.98. The monoisotopic (exact) mass is 417 g/mol. The second-order valence-corrected chi connectivity index (χ2v) is 8.09. The maximum Gasteiger partial charge on any atom is 0.199 e. The van der Waals surface area contributed by atoms with E-state index in [0.29, 0.717) is 32.8 Å². The lowest BCUT2D eigenvalue weighted by Crippen LogP contribution is -2.16. The van der Waals surface area contributed by atoms with Crippen molar-refractivity contribution in [3.05, 3.63) is 105 Å². The van der Waals surface area contributed by atoms with Gasteiger partial charge in [0, 0.05) is 35.4 Å². The summed E-state index contributed by atoms with van der Waals surface area (Å²) in [6.45, 7) is 1.82. The van der Waals surface area contributed by atoms with Gasteiger partial charge in [-0.2, -0.15) is 0 Å². The summed E-state index contributed by atoms with van der Waals surface area (Å²) in [6, 6.07) is 23.5. The molecule has 5 heteroatoms. The lowest BCUT2D eigenvalue weighted by atomic mass is 10.0. The molecule has 0 radical (unpaired) electrons. The second-order valence-electron chi connectivity index (χ2n) is 8.09. The number of nitrogens with zero attached hydrogens (tertiary/aromatic N) is 3. The van der Waals surface area contributed by atoms with Gasteiger partial charge in [-0.25, -0.2) is 0 Å². The normalized spacial score (nSPS) is 11.7. The first-order valence-corrected chi connectivity index (χ1v) is 10.5. The van der Waals surface area contributed by atoms with Gasteiger partial charge in [-0.05, 0) is 49.4 Å². The van der Waals surface area contributed by atoms with E-state index in [9.17, 15) is 9.59 Å². The Hall–Kier alpha value is -4.25. The van der Waals surface area contributed by atoms with Crippen molar-refractivity contribution in [2.75, 3.05) is 11.9 Å². The van der Waals surface area contributed by atoms with Gasteiger partial charge in [-0.3, -0.25) is 14.6 Å². The number of pyridine rings is 3. The van der Waals surface area contributed by atoms with Crippen molar-refractivity contribution in [1.82, 2.24) is 9.38 Å². The Kier molecular flexibility index (Phi) is 3.83.